The fraction of sp³-hybridized carbons (Fsp3) is 0.714. The summed E-state index contributed by atoms with van der Waals surface area (Å²) in [4.78, 5) is 10.0. The minimum absolute atomic E-state index is 0.276. The third-order valence-corrected chi connectivity index (χ3v) is 4.99. The molecule has 0 fully saturated rings. The van der Waals surface area contributed by atoms with E-state index >= 15 is 0 Å². The molecular weight excluding hydrogens is 333 g/mol. The Bertz CT molecular complexity index is 558. The minimum Gasteiger partial charge on any atom is -0.384 e. The van der Waals surface area contributed by atoms with Gasteiger partial charge in [0, 0.05) is 30.5 Å². The van der Waals surface area contributed by atoms with Gasteiger partial charge in [-0.15, -0.1) is 0 Å². The van der Waals surface area contributed by atoms with Crippen LogP contribution in [0, 0.1) is 16.0 Å². The molecule has 1 aliphatic heterocycles. The van der Waals surface area contributed by atoms with Gasteiger partial charge in [0.1, 0.15) is 11.2 Å². The van der Waals surface area contributed by atoms with Crippen molar-refractivity contribution in [2.45, 2.75) is 44.0 Å². The van der Waals surface area contributed by atoms with Gasteiger partial charge in [-0.1, -0.05) is 6.08 Å². The third-order valence-electron chi connectivity index (χ3n) is 4.38. The number of rotatable bonds is 5. The number of nitro groups is 1. The number of thioether (sulfide) groups is 1. The van der Waals surface area contributed by atoms with Crippen molar-refractivity contribution >= 4 is 11.8 Å². The number of nitrogens with zero attached hydrogens (tertiary/aromatic N) is 1. The Labute approximate surface area is 136 Å². The smallest absolute Gasteiger partial charge is 0.384 e. The summed E-state index contributed by atoms with van der Waals surface area (Å²) in [5.41, 5.74) is -2.54. The van der Waals surface area contributed by atoms with Crippen molar-refractivity contribution in [3.05, 3.63) is 33.2 Å². The molecule has 0 radical (unpaired) electrons. The Morgan fingerprint density at radius 2 is 2.13 bits per heavy atom. The van der Waals surface area contributed by atoms with Gasteiger partial charge in [-0.2, -0.15) is 24.9 Å². The van der Waals surface area contributed by atoms with Gasteiger partial charge >= 0.3 is 6.18 Å². The van der Waals surface area contributed by atoms with E-state index in [0.717, 1.165) is 0 Å². The van der Waals surface area contributed by atoms with E-state index in [1.165, 1.54) is 0 Å². The molecule has 0 amide bonds. The second kappa shape index (κ2) is 6.35. The predicted octanol–water partition coefficient (Wildman–Crippen LogP) is 2.85. The molecule has 1 aliphatic carbocycles. The van der Waals surface area contributed by atoms with Crippen LogP contribution >= 0.6 is 11.8 Å². The second-order valence-corrected chi connectivity index (χ2v) is 7.09. The van der Waals surface area contributed by atoms with Gasteiger partial charge in [-0.05, 0) is 25.4 Å². The highest BCUT2D eigenvalue weighted by molar-refractivity contribution is 7.98. The molecule has 0 saturated heterocycles. The van der Waals surface area contributed by atoms with Gasteiger partial charge in [-0.25, -0.2) is 0 Å². The largest absolute Gasteiger partial charge is 0.418 e. The number of hydrogen-bond donors (Lipinski definition) is 2. The maximum atomic E-state index is 13.0. The maximum absolute atomic E-state index is 13.0. The standard InChI is InChI=1S/C14H19F3N2O3S/c1-13(20,3-4-23-2)12-6-8-5-11(19(21)22)9(14(15,16)17)7-10(8)18-12/h6,8,10,18,20H,3-5,7H2,1-2H3. The molecular formula is C14H19F3N2O3S. The summed E-state index contributed by atoms with van der Waals surface area (Å²) in [6, 6.07) is -0.564. The number of allylic oxidation sites excluding steroid dienone is 1. The number of nitrogens with one attached hydrogen (secondary N) is 1. The first kappa shape index (κ1) is 18.1. The first-order valence-electron chi connectivity index (χ1n) is 7.20. The summed E-state index contributed by atoms with van der Waals surface area (Å²) >= 11 is 1.56. The SMILES string of the molecule is CSCCC(C)(O)C1=CC2CC([N+](=O)[O-])=C(C(F)(F)F)CC2N1. The Hall–Kier alpha value is -1.22. The van der Waals surface area contributed by atoms with Crippen molar-refractivity contribution < 1.29 is 23.2 Å². The molecule has 0 aromatic rings. The van der Waals surface area contributed by atoms with Gasteiger partial charge in [0.15, 0.2) is 0 Å². The molecule has 23 heavy (non-hydrogen) atoms. The van der Waals surface area contributed by atoms with Crippen molar-refractivity contribution in [2.24, 2.45) is 5.92 Å². The maximum Gasteiger partial charge on any atom is 0.418 e. The van der Waals surface area contributed by atoms with Crippen molar-refractivity contribution in [3.63, 3.8) is 0 Å². The first-order valence-corrected chi connectivity index (χ1v) is 8.59. The molecule has 1 heterocycles. The first-order chi connectivity index (χ1) is 10.6. The molecule has 9 heteroatoms. The third kappa shape index (κ3) is 3.82. The van der Waals surface area contributed by atoms with Crippen LogP contribution in [0.5, 0.6) is 0 Å². The summed E-state index contributed by atoms with van der Waals surface area (Å²) in [5.74, 6) is 0.297. The molecule has 130 valence electrons. The molecule has 3 unspecified atom stereocenters. The van der Waals surface area contributed by atoms with E-state index in [1.54, 1.807) is 24.8 Å². The monoisotopic (exact) mass is 352 g/mol. The van der Waals surface area contributed by atoms with E-state index in [2.05, 4.69) is 5.32 Å². The van der Waals surface area contributed by atoms with Crippen LogP contribution < -0.4 is 5.32 Å². The topological polar surface area (TPSA) is 75.4 Å². The molecule has 3 atom stereocenters. The van der Waals surface area contributed by atoms with Crippen LogP contribution in [-0.4, -0.2) is 39.9 Å². The average molecular weight is 352 g/mol. The molecule has 0 spiro atoms. The highest BCUT2D eigenvalue weighted by Crippen LogP contribution is 2.43. The van der Waals surface area contributed by atoms with Gasteiger partial charge in [0.2, 0.25) is 0 Å². The summed E-state index contributed by atoms with van der Waals surface area (Å²) in [6.07, 6.45) is -1.44. The van der Waals surface area contributed by atoms with Gasteiger partial charge in [-0.3, -0.25) is 10.1 Å². The Kier molecular flexibility index (Phi) is 5.00. The Morgan fingerprint density at radius 3 is 2.65 bits per heavy atom. The fourth-order valence-electron chi connectivity index (χ4n) is 3.01. The zero-order valence-corrected chi connectivity index (χ0v) is 13.6. The van der Waals surface area contributed by atoms with E-state index in [0.29, 0.717) is 17.9 Å². The Balaban J connectivity index is 2.22. The van der Waals surface area contributed by atoms with Crippen LogP contribution in [0.25, 0.3) is 0 Å². The lowest BCUT2D eigenvalue weighted by Crippen LogP contribution is -2.41. The Morgan fingerprint density at radius 1 is 1.48 bits per heavy atom. The molecule has 0 bridgehead atoms. The van der Waals surface area contributed by atoms with Gasteiger partial charge < -0.3 is 10.4 Å². The molecule has 0 saturated carbocycles. The number of fused-ring (bicyclic) bond motifs is 1. The fourth-order valence-corrected chi connectivity index (χ4v) is 3.61. The summed E-state index contributed by atoms with van der Waals surface area (Å²) < 4.78 is 39.1. The van der Waals surface area contributed by atoms with Crippen LogP contribution in [0.3, 0.4) is 0 Å². The summed E-state index contributed by atoms with van der Waals surface area (Å²) in [5, 5.41) is 24.4. The van der Waals surface area contributed by atoms with E-state index in [9.17, 15) is 28.4 Å². The van der Waals surface area contributed by atoms with E-state index in [-0.39, 0.29) is 6.42 Å². The van der Waals surface area contributed by atoms with Crippen LogP contribution in [0.15, 0.2) is 23.0 Å². The van der Waals surface area contributed by atoms with Gasteiger partial charge in [0.05, 0.1) is 4.92 Å². The van der Waals surface area contributed by atoms with Crippen LogP contribution in [-0.2, 0) is 0 Å². The van der Waals surface area contributed by atoms with Crippen LogP contribution in [0.4, 0.5) is 13.2 Å². The number of halogens is 3. The van der Waals surface area contributed by atoms with Crippen LogP contribution in [0.2, 0.25) is 0 Å². The number of hydrogen-bond acceptors (Lipinski definition) is 5. The lowest BCUT2D eigenvalue weighted by Gasteiger charge is -2.29. The zero-order chi connectivity index (χ0) is 17.4. The van der Waals surface area contributed by atoms with E-state index in [4.69, 9.17) is 0 Å². The molecule has 0 aromatic heterocycles. The molecule has 2 aliphatic rings. The van der Waals surface area contributed by atoms with Crippen molar-refractivity contribution in [2.75, 3.05) is 12.0 Å². The van der Waals surface area contributed by atoms with E-state index < -0.39 is 46.4 Å². The quantitative estimate of drug-likeness (QED) is 0.588. The predicted molar refractivity (Wildman–Crippen MR) is 81.4 cm³/mol. The molecule has 2 N–H and O–H groups in total. The second-order valence-electron chi connectivity index (χ2n) is 6.10. The number of alkyl halides is 3. The average Bonchev–Trinajstić information content (AvgIpc) is 2.86. The summed E-state index contributed by atoms with van der Waals surface area (Å²) in [7, 11) is 0. The molecule has 0 aromatic carbocycles. The number of aliphatic hydroxyl groups is 1. The highest BCUT2D eigenvalue weighted by Gasteiger charge is 2.49. The molecule has 2 rings (SSSR count). The van der Waals surface area contributed by atoms with Gasteiger partial charge in [0.25, 0.3) is 5.70 Å². The van der Waals surface area contributed by atoms with Crippen molar-refractivity contribution in [3.8, 4) is 0 Å². The van der Waals surface area contributed by atoms with Crippen LogP contribution in [0.1, 0.15) is 26.2 Å². The zero-order valence-electron chi connectivity index (χ0n) is 12.8. The minimum atomic E-state index is -4.71. The lowest BCUT2D eigenvalue weighted by atomic mass is 9.84. The normalized spacial score (nSPS) is 27.1. The summed E-state index contributed by atoms with van der Waals surface area (Å²) in [6.45, 7) is 1.60. The lowest BCUT2D eigenvalue weighted by molar-refractivity contribution is -0.433. The highest BCUT2D eigenvalue weighted by atomic mass is 32.2. The molecule has 5 nitrogen and oxygen atoms in total. The van der Waals surface area contributed by atoms with Crippen molar-refractivity contribution in [1.82, 2.24) is 5.32 Å². The van der Waals surface area contributed by atoms with E-state index in [1.807, 2.05) is 6.26 Å². The van der Waals surface area contributed by atoms with Crippen molar-refractivity contribution in [1.29, 1.82) is 0 Å².